The minimum Gasteiger partial charge on any atom is -0.392 e. The fourth-order valence-electron chi connectivity index (χ4n) is 1.80. The molecule has 3 N–H and O–H groups in total. The molecule has 3 amide bonds. The molecule has 1 rings (SSSR count). The van der Waals surface area contributed by atoms with Gasteiger partial charge in [-0.15, -0.1) is 0 Å². The minimum atomic E-state index is -0.571. The molecule has 6 nitrogen and oxygen atoms in total. The van der Waals surface area contributed by atoms with Crippen molar-refractivity contribution in [2.24, 2.45) is 0 Å². The van der Waals surface area contributed by atoms with Crippen LogP contribution >= 0.6 is 0 Å². The molecule has 1 fully saturated rings. The first kappa shape index (κ1) is 13.8. The minimum absolute atomic E-state index is 0.0702. The second-order valence-electron chi connectivity index (χ2n) is 4.74. The highest BCUT2D eigenvalue weighted by Gasteiger charge is 2.31. The summed E-state index contributed by atoms with van der Waals surface area (Å²) in [5.41, 5.74) is 0. The Balaban J connectivity index is 2.34. The number of rotatable bonds is 4. The van der Waals surface area contributed by atoms with Crippen molar-refractivity contribution in [2.75, 3.05) is 13.1 Å². The van der Waals surface area contributed by atoms with Crippen molar-refractivity contribution in [1.82, 2.24) is 15.5 Å². The number of amides is 3. The van der Waals surface area contributed by atoms with E-state index in [2.05, 4.69) is 10.6 Å². The average molecular weight is 243 g/mol. The number of nitrogens with one attached hydrogen (secondary N) is 2. The lowest BCUT2D eigenvalue weighted by molar-refractivity contribution is -0.129. The first-order valence-corrected chi connectivity index (χ1v) is 5.92. The standard InChI is InChI=1S/C11H21N3O3/c1-7(2)14-6-9(4-10(14)16)13-11(17)12-5-8(3)15/h7-9,15H,4-6H2,1-3H3,(H2,12,13,17). The number of carbonyl (C=O) groups is 2. The lowest BCUT2D eigenvalue weighted by atomic mass is 10.2. The van der Waals surface area contributed by atoms with Crippen LogP contribution in [0.3, 0.4) is 0 Å². The van der Waals surface area contributed by atoms with E-state index in [0.717, 1.165) is 0 Å². The first-order chi connectivity index (χ1) is 7.90. The van der Waals surface area contributed by atoms with Crippen molar-refractivity contribution in [2.45, 2.75) is 45.4 Å². The van der Waals surface area contributed by atoms with Crippen LogP contribution in [-0.4, -0.2) is 53.2 Å². The molecule has 17 heavy (non-hydrogen) atoms. The van der Waals surface area contributed by atoms with Gasteiger partial charge in [-0.1, -0.05) is 0 Å². The SMILES string of the molecule is CC(O)CNC(=O)NC1CC(=O)N(C(C)C)C1. The third kappa shape index (κ3) is 4.22. The lowest BCUT2D eigenvalue weighted by Gasteiger charge is -2.21. The van der Waals surface area contributed by atoms with Gasteiger partial charge in [0, 0.05) is 25.6 Å². The molecule has 0 spiro atoms. The zero-order chi connectivity index (χ0) is 13.0. The van der Waals surface area contributed by atoms with E-state index in [0.29, 0.717) is 13.0 Å². The summed E-state index contributed by atoms with van der Waals surface area (Å²) in [5, 5.41) is 14.3. The Labute approximate surface area is 101 Å². The van der Waals surface area contributed by atoms with Crippen LogP contribution in [0.4, 0.5) is 4.79 Å². The monoisotopic (exact) mass is 243 g/mol. The van der Waals surface area contributed by atoms with E-state index in [9.17, 15) is 9.59 Å². The molecule has 1 heterocycles. The van der Waals surface area contributed by atoms with Crippen molar-refractivity contribution < 1.29 is 14.7 Å². The topological polar surface area (TPSA) is 81.7 Å². The normalized spacial score (nSPS) is 21.8. The summed E-state index contributed by atoms with van der Waals surface area (Å²) in [7, 11) is 0. The fraction of sp³-hybridized carbons (Fsp3) is 0.818. The Morgan fingerprint density at radius 1 is 1.53 bits per heavy atom. The number of urea groups is 1. The Hall–Kier alpha value is -1.30. The maximum Gasteiger partial charge on any atom is 0.315 e. The molecule has 0 bridgehead atoms. The van der Waals surface area contributed by atoms with Gasteiger partial charge in [-0.3, -0.25) is 4.79 Å². The maximum atomic E-state index is 11.6. The van der Waals surface area contributed by atoms with Gasteiger partial charge in [0.05, 0.1) is 12.1 Å². The van der Waals surface area contributed by atoms with Crippen LogP contribution in [-0.2, 0) is 4.79 Å². The zero-order valence-corrected chi connectivity index (χ0v) is 10.6. The summed E-state index contributed by atoms with van der Waals surface area (Å²) in [6.45, 7) is 6.26. The summed E-state index contributed by atoms with van der Waals surface area (Å²) in [4.78, 5) is 24.8. The molecule has 98 valence electrons. The third-order valence-corrected chi connectivity index (χ3v) is 2.68. The molecular weight excluding hydrogens is 222 g/mol. The second-order valence-corrected chi connectivity index (χ2v) is 4.74. The predicted molar refractivity (Wildman–Crippen MR) is 63.5 cm³/mol. The van der Waals surface area contributed by atoms with Gasteiger partial charge >= 0.3 is 6.03 Å². The maximum absolute atomic E-state index is 11.6. The largest absolute Gasteiger partial charge is 0.392 e. The van der Waals surface area contributed by atoms with Crippen molar-refractivity contribution in [1.29, 1.82) is 0 Å². The van der Waals surface area contributed by atoms with Gasteiger partial charge in [-0.05, 0) is 20.8 Å². The van der Waals surface area contributed by atoms with Gasteiger partial charge in [-0.2, -0.15) is 0 Å². The van der Waals surface area contributed by atoms with Crippen LogP contribution < -0.4 is 10.6 Å². The van der Waals surface area contributed by atoms with Crippen LogP contribution in [0.5, 0.6) is 0 Å². The second kappa shape index (κ2) is 5.86. The van der Waals surface area contributed by atoms with Crippen molar-refractivity contribution in [3.05, 3.63) is 0 Å². The quantitative estimate of drug-likeness (QED) is 0.632. The summed E-state index contributed by atoms with van der Waals surface area (Å²) < 4.78 is 0. The van der Waals surface area contributed by atoms with Crippen LogP contribution in [0.25, 0.3) is 0 Å². The number of hydrogen-bond donors (Lipinski definition) is 3. The van der Waals surface area contributed by atoms with E-state index in [1.54, 1.807) is 11.8 Å². The summed E-state index contributed by atoms with van der Waals surface area (Å²) in [6, 6.07) is -0.317. The number of likely N-dealkylation sites (tertiary alicyclic amines) is 1. The Morgan fingerprint density at radius 3 is 2.65 bits per heavy atom. The molecule has 0 saturated carbocycles. The zero-order valence-electron chi connectivity index (χ0n) is 10.6. The Morgan fingerprint density at radius 2 is 2.18 bits per heavy atom. The van der Waals surface area contributed by atoms with Crippen molar-refractivity contribution in [3.8, 4) is 0 Å². The predicted octanol–water partition coefficient (Wildman–Crippen LogP) is -0.324. The van der Waals surface area contributed by atoms with Crippen molar-refractivity contribution >= 4 is 11.9 Å². The Kier molecular flexibility index (Phi) is 4.74. The molecule has 0 aromatic carbocycles. The first-order valence-electron chi connectivity index (χ1n) is 5.92. The fourth-order valence-corrected chi connectivity index (χ4v) is 1.80. The summed E-state index contributed by atoms with van der Waals surface area (Å²) >= 11 is 0. The smallest absolute Gasteiger partial charge is 0.315 e. The van der Waals surface area contributed by atoms with Crippen LogP contribution in [0.2, 0.25) is 0 Å². The van der Waals surface area contributed by atoms with E-state index in [4.69, 9.17) is 5.11 Å². The molecule has 1 aliphatic heterocycles. The highest BCUT2D eigenvalue weighted by Crippen LogP contribution is 2.13. The van der Waals surface area contributed by atoms with E-state index >= 15 is 0 Å². The lowest BCUT2D eigenvalue weighted by Crippen LogP contribution is -2.45. The molecule has 0 radical (unpaired) electrons. The van der Waals surface area contributed by atoms with Gasteiger partial charge in [0.15, 0.2) is 0 Å². The Bertz CT molecular complexity index is 292. The number of aliphatic hydroxyl groups excluding tert-OH is 1. The summed E-state index contributed by atoms with van der Waals surface area (Å²) in [5.74, 6) is 0.0702. The molecule has 0 aromatic heterocycles. The molecule has 0 aromatic rings. The van der Waals surface area contributed by atoms with Gasteiger partial charge < -0.3 is 20.6 Å². The number of carbonyl (C=O) groups excluding carboxylic acids is 2. The number of hydrogen-bond acceptors (Lipinski definition) is 3. The van der Waals surface area contributed by atoms with E-state index in [1.807, 2.05) is 13.8 Å². The summed E-state index contributed by atoms with van der Waals surface area (Å²) in [6.07, 6.45) is -0.224. The molecule has 1 saturated heterocycles. The van der Waals surface area contributed by atoms with Crippen LogP contribution in [0.15, 0.2) is 0 Å². The molecule has 0 aliphatic carbocycles. The van der Waals surface area contributed by atoms with Crippen molar-refractivity contribution in [3.63, 3.8) is 0 Å². The molecular formula is C11H21N3O3. The average Bonchev–Trinajstić information content (AvgIpc) is 2.56. The van der Waals surface area contributed by atoms with Gasteiger partial charge in [0.25, 0.3) is 0 Å². The molecule has 6 heteroatoms. The van der Waals surface area contributed by atoms with Crippen LogP contribution in [0.1, 0.15) is 27.2 Å². The van der Waals surface area contributed by atoms with E-state index in [-0.39, 0.29) is 30.6 Å². The van der Waals surface area contributed by atoms with Gasteiger partial charge in [0.2, 0.25) is 5.91 Å². The molecule has 2 atom stereocenters. The third-order valence-electron chi connectivity index (χ3n) is 2.68. The van der Waals surface area contributed by atoms with Crippen LogP contribution in [0, 0.1) is 0 Å². The molecule has 2 unspecified atom stereocenters. The molecule has 1 aliphatic rings. The highest BCUT2D eigenvalue weighted by molar-refractivity contribution is 5.81. The van der Waals surface area contributed by atoms with Gasteiger partial charge in [-0.25, -0.2) is 4.79 Å². The van der Waals surface area contributed by atoms with E-state index in [1.165, 1.54) is 0 Å². The number of aliphatic hydroxyl groups is 1. The highest BCUT2D eigenvalue weighted by atomic mass is 16.3. The number of nitrogens with zero attached hydrogens (tertiary/aromatic N) is 1. The van der Waals surface area contributed by atoms with E-state index < -0.39 is 6.10 Å². The van der Waals surface area contributed by atoms with Gasteiger partial charge in [0.1, 0.15) is 0 Å².